The van der Waals surface area contributed by atoms with Crippen LogP contribution in [0, 0.1) is 13.8 Å². The van der Waals surface area contributed by atoms with Crippen LogP contribution in [0.3, 0.4) is 0 Å². The first-order valence-corrected chi connectivity index (χ1v) is 8.21. The summed E-state index contributed by atoms with van der Waals surface area (Å²) in [4.78, 5) is 12.4. The summed E-state index contributed by atoms with van der Waals surface area (Å²) in [5, 5.41) is 3.01. The highest BCUT2D eigenvalue weighted by molar-refractivity contribution is 5.86. The molecule has 122 valence electrons. The van der Waals surface area contributed by atoms with Crippen LogP contribution < -0.4 is 15.8 Å². The topological polar surface area (TPSA) is 64.3 Å². The third-order valence-corrected chi connectivity index (χ3v) is 4.46. The number of nitrogens with two attached hydrogens (primary N) is 1. The molecule has 0 bridgehead atoms. The molecule has 0 saturated heterocycles. The summed E-state index contributed by atoms with van der Waals surface area (Å²) in [7, 11) is 0. The standard InChI is InChI=1S/C18H28N2O2/c1-13-8-7-9-14(2)16(13)22-12-15(3)20-17(21)18(19)10-5-4-6-11-18/h7-9,15H,4-6,10-12,19H2,1-3H3,(H,20,21). The van der Waals surface area contributed by atoms with Gasteiger partial charge in [0.2, 0.25) is 5.91 Å². The van der Waals surface area contributed by atoms with Crippen molar-refractivity contribution in [3.8, 4) is 5.75 Å². The zero-order chi connectivity index (χ0) is 16.2. The first-order chi connectivity index (χ1) is 10.4. The van der Waals surface area contributed by atoms with Gasteiger partial charge in [0.25, 0.3) is 0 Å². The van der Waals surface area contributed by atoms with Gasteiger partial charge >= 0.3 is 0 Å². The van der Waals surface area contributed by atoms with Gasteiger partial charge in [-0.2, -0.15) is 0 Å². The largest absolute Gasteiger partial charge is 0.491 e. The first kappa shape index (κ1) is 16.8. The molecule has 1 fully saturated rings. The van der Waals surface area contributed by atoms with Crippen molar-refractivity contribution >= 4 is 5.91 Å². The summed E-state index contributed by atoms with van der Waals surface area (Å²) in [6.07, 6.45) is 4.82. The van der Waals surface area contributed by atoms with E-state index in [-0.39, 0.29) is 11.9 Å². The molecular weight excluding hydrogens is 276 g/mol. The van der Waals surface area contributed by atoms with Crippen LogP contribution in [-0.2, 0) is 4.79 Å². The van der Waals surface area contributed by atoms with E-state index in [0.717, 1.165) is 42.6 Å². The fourth-order valence-corrected chi connectivity index (χ4v) is 3.05. The zero-order valence-corrected chi connectivity index (χ0v) is 13.9. The van der Waals surface area contributed by atoms with Gasteiger partial charge in [-0.25, -0.2) is 0 Å². The molecule has 1 unspecified atom stereocenters. The molecule has 1 aliphatic carbocycles. The van der Waals surface area contributed by atoms with E-state index in [0.29, 0.717) is 6.61 Å². The van der Waals surface area contributed by atoms with Crippen molar-refractivity contribution in [2.45, 2.75) is 64.5 Å². The van der Waals surface area contributed by atoms with Gasteiger partial charge in [-0.05, 0) is 44.7 Å². The quantitative estimate of drug-likeness (QED) is 0.879. The predicted molar refractivity (Wildman–Crippen MR) is 89.0 cm³/mol. The van der Waals surface area contributed by atoms with Gasteiger partial charge in [0.15, 0.2) is 0 Å². The molecule has 2 rings (SSSR count). The summed E-state index contributed by atoms with van der Waals surface area (Å²) < 4.78 is 5.89. The molecule has 0 aromatic heterocycles. The minimum Gasteiger partial charge on any atom is -0.491 e. The molecule has 3 N–H and O–H groups in total. The van der Waals surface area contributed by atoms with Gasteiger partial charge in [0, 0.05) is 0 Å². The van der Waals surface area contributed by atoms with Crippen LogP contribution >= 0.6 is 0 Å². The number of ether oxygens (including phenoxy) is 1. The molecule has 22 heavy (non-hydrogen) atoms. The summed E-state index contributed by atoms with van der Waals surface area (Å²) in [5.74, 6) is 0.869. The maximum atomic E-state index is 12.4. The lowest BCUT2D eigenvalue weighted by molar-refractivity contribution is -0.128. The minimum absolute atomic E-state index is 0.0372. The summed E-state index contributed by atoms with van der Waals surface area (Å²) in [6.45, 7) is 6.47. The van der Waals surface area contributed by atoms with E-state index in [1.165, 1.54) is 6.42 Å². The smallest absolute Gasteiger partial charge is 0.240 e. The second kappa shape index (κ2) is 7.14. The average molecular weight is 304 g/mol. The van der Waals surface area contributed by atoms with Crippen LogP contribution in [0.15, 0.2) is 18.2 Å². The number of carbonyl (C=O) groups excluding carboxylic acids is 1. The van der Waals surface area contributed by atoms with Crippen LogP contribution in [0.2, 0.25) is 0 Å². The molecule has 4 nitrogen and oxygen atoms in total. The molecule has 0 aliphatic heterocycles. The van der Waals surface area contributed by atoms with Crippen LogP contribution in [0.25, 0.3) is 0 Å². The van der Waals surface area contributed by atoms with Gasteiger partial charge in [0.1, 0.15) is 12.4 Å². The molecule has 1 aromatic rings. The predicted octanol–water partition coefficient (Wildman–Crippen LogP) is 2.85. The molecule has 1 aliphatic rings. The maximum Gasteiger partial charge on any atom is 0.240 e. The number of carbonyl (C=O) groups is 1. The molecule has 1 saturated carbocycles. The molecule has 1 aromatic carbocycles. The van der Waals surface area contributed by atoms with Crippen LogP contribution in [0.4, 0.5) is 0 Å². The van der Waals surface area contributed by atoms with Crippen molar-refractivity contribution in [3.63, 3.8) is 0 Å². The van der Waals surface area contributed by atoms with Crippen molar-refractivity contribution in [3.05, 3.63) is 29.3 Å². The fraction of sp³-hybridized carbons (Fsp3) is 0.611. The Kier molecular flexibility index (Phi) is 5.46. The van der Waals surface area contributed by atoms with E-state index < -0.39 is 5.54 Å². The Balaban J connectivity index is 1.87. The Morgan fingerprint density at radius 2 is 1.86 bits per heavy atom. The Morgan fingerprint density at radius 3 is 2.45 bits per heavy atom. The number of hydrogen-bond acceptors (Lipinski definition) is 3. The Morgan fingerprint density at radius 1 is 1.27 bits per heavy atom. The van der Waals surface area contributed by atoms with E-state index in [9.17, 15) is 4.79 Å². The summed E-state index contributed by atoms with van der Waals surface area (Å²) >= 11 is 0. The van der Waals surface area contributed by atoms with Crippen molar-refractivity contribution < 1.29 is 9.53 Å². The number of amides is 1. The Bertz CT molecular complexity index is 502. The van der Waals surface area contributed by atoms with Gasteiger partial charge in [0.05, 0.1) is 11.6 Å². The van der Waals surface area contributed by atoms with Gasteiger partial charge in [-0.1, -0.05) is 37.5 Å². The number of rotatable bonds is 5. The third-order valence-electron chi connectivity index (χ3n) is 4.46. The molecule has 4 heteroatoms. The lowest BCUT2D eigenvalue weighted by Gasteiger charge is -2.33. The Labute approximate surface area is 133 Å². The highest BCUT2D eigenvalue weighted by Gasteiger charge is 2.35. The number of aryl methyl sites for hydroxylation is 2. The van der Waals surface area contributed by atoms with Crippen molar-refractivity contribution in [2.24, 2.45) is 5.73 Å². The van der Waals surface area contributed by atoms with E-state index >= 15 is 0 Å². The van der Waals surface area contributed by atoms with Gasteiger partial charge < -0.3 is 15.8 Å². The minimum atomic E-state index is -0.689. The number of hydrogen-bond donors (Lipinski definition) is 2. The lowest BCUT2D eigenvalue weighted by atomic mass is 9.82. The monoisotopic (exact) mass is 304 g/mol. The maximum absolute atomic E-state index is 12.4. The number of nitrogens with one attached hydrogen (secondary N) is 1. The van der Waals surface area contributed by atoms with Crippen molar-refractivity contribution in [1.82, 2.24) is 5.32 Å². The zero-order valence-electron chi connectivity index (χ0n) is 13.9. The third kappa shape index (κ3) is 4.01. The van der Waals surface area contributed by atoms with Crippen LogP contribution in [0.1, 0.15) is 50.2 Å². The SMILES string of the molecule is Cc1cccc(C)c1OCC(C)NC(=O)C1(N)CCCCC1. The number of benzene rings is 1. The van der Waals surface area contributed by atoms with E-state index in [1.807, 2.05) is 39.0 Å². The van der Waals surface area contributed by atoms with E-state index in [4.69, 9.17) is 10.5 Å². The van der Waals surface area contributed by atoms with E-state index in [1.54, 1.807) is 0 Å². The number of para-hydroxylation sites is 1. The highest BCUT2D eigenvalue weighted by Crippen LogP contribution is 2.26. The second-order valence-corrected chi connectivity index (χ2v) is 6.62. The normalized spacial score (nSPS) is 18.5. The van der Waals surface area contributed by atoms with Gasteiger partial charge in [-0.15, -0.1) is 0 Å². The Hall–Kier alpha value is -1.55. The molecule has 0 radical (unpaired) electrons. The summed E-state index contributed by atoms with van der Waals surface area (Å²) in [5.41, 5.74) is 7.79. The average Bonchev–Trinajstić information content (AvgIpc) is 2.47. The lowest BCUT2D eigenvalue weighted by Crippen LogP contribution is -2.57. The molecule has 1 atom stereocenters. The highest BCUT2D eigenvalue weighted by atomic mass is 16.5. The molecule has 0 heterocycles. The second-order valence-electron chi connectivity index (χ2n) is 6.62. The van der Waals surface area contributed by atoms with Crippen molar-refractivity contribution in [1.29, 1.82) is 0 Å². The van der Waals surface area contributed by atoms with E-state index in [2.05, 4.69) is 5.32 Å². The van der Waals surface area contributed by atoms with Crippen LogP contribution in [-0.4, -0.2) is 24.1 Å². The van der Waals surface area contributed by atoms with Gasteiger partial charge in [-0.3, -0.25) is 4.79 Å². The first-order valence-electron chi connectivity index (χ1n) is 8.21. The summed E-state index contributed by atoms with van der Waals surface area (Å²) in [6, 6.07) is 6.02. The van der Waals surface area contributed by atoms with Crippen LogP contribution in [0.5, 0.6) is 5.75 Å². The molecule has 1 amide bonds. The van der Waals surface area contributed by atoms with Crippen molar-refractivity contribution in [2.75, 3.05) is 6.61 Å². The fourth-order valence-electron chi connectivity index (χ4n) is 3.05. The molecular formula is C18H28N2O2. The molecule has 0 spiro atoms.